The van der Waals surface area contributed by atoms with Gasteiger partial charge in [-0.3, -0.25) is 4.79 Å². The molecule has 1 aromatic carbocycles. The minimum atomic E-state index is -0.867. The molecule has 2 rings (SSSR count). The van der Waals surface area contributed by atoms with Gasteiger partial charge in [-0.25, -0.2) is 9.18 Å². The maximum absolute atomic E-state index is 13.6. The van der Waals surface area contributed by atoms with Crippen LogP contribution in [-0.4, -0.2) is 35.1 Å². The maximum Gasteiger partial charge on any atom is 0.321 e. The number of carboxylic acid groups (broad SMARTS) is 1. The Bertz CT molecular complexity index is 546. The average molecular weight is 345 g/mol. The first-order valence-corrected chi connectivity index (χ1v) is 6.91. The van der Waals surface area contributed by atoms with Gasteiger partial charge < -0.3 is 15.3 Å². The van der Waals surface area contributed by atoms with Crippen LogP contribution in [0.2, 0.25) is 0 Å². The van der Waals surface area contributed by atoms with E-state index in [-0.39, 0.29) is 11.6 Å². The predicted molar refractivity (Wildman–Crippen MR) is 75.0 cm³/mol. The van der Waals surface area contributed by atoms with Crippen LogP contribution in [0.3, 0.4) is 0 Å². The summed E-state index contributed by atoms with van der Waals surface area (Å²) in [5, 5.41) is 11.3. The maximum atomic E-state index is 13.6. The lowest BCUT2D eigenvalue weighted by Gasteiger charge is -2.41. The summed E-state index contributed by atoms with van der Waals surface area (Å²) in [6, 6.07) is 3.94. The third-order valence-corrected chi connectivity index (χ3v) is 3.96. The molecule has 7 heteroatoms. The number of halogens is 2. The number of nitrogens with one attached hydrogen (secondary N) is 1. The van der Waals surface area contributed by atoms with Crippen LogP contribution in [0.4, 0.5) is 14.9 Å². The van der Waals surface area contributed by atoms with Gasteiger partial charge in [0.05, 0.1) is 11.6 Å². The van der Waals surface area contributed by atoms with Gasteiger partial charge in [0.2, 0.25) is 0 Å². The number of likely N-dealkylation sites (tertiary alicyclic amines) is 1. The first-order valence-electron chi connectivity index (χ1n) is 6.12. The molecule has 0 saturated carbocycles. The van der Waals surface area contributed by atoms with Crippen molar-refractivity contribution in [3.8, 4) is 0 Å². The normalized spacial score (nSPS) is 16.4. The van der Waals surface area contributed by atoms with E-state index in [0.29, 0.717) is 17.6 Å². The topological polar surface area (TPSA) is 69.6 Å². The first kappa shape index (κ1) is 14.8. The van der Waals surface area contributed by atoms with Crippen LogP contribution < -0.4 is 5.32 Å². The van der Waals surface area contributed by atoms with Crippen molar-refractivity contribution in [3.05, 3.63) is 28.5 Å². The van der Waals surface area contributed by atoms with E-state index >= 15 is 0 Å². The summed E-state index contributed by atoms with van der Waals surface area (Å²) in [4.78, 5) is 24.1. The summed E-state index contributed by atoms with van der Waals surface area (Å²) in [5.41, 5.74) is 0.105. The lowest BCUT2D eigenvalue weighted by atomic mass is 9.87. The molecular weight excluding hydrogens is 331 g/mol. The zero-order valence-corrected chi connectivity index (χ0v) is 12.4. The number of carbonyl (C=O) groups is 2. The lowest BCUT2D eigenvalue weighted by Crippen LogP contribution is -2.54. The molecule has 1 fully saturated rings. The molecule has 1 aromatic rings. The van der Waals surface area contributed by atoms with E-state index in [2.05, 4.69) is 21.2 Å². The van der Waals surface area contributed by atoms with E-state index in [1.807, 2.05) is 0 Å². The van der Waals surface area contributed by atoms with E-state index in [0.717, 1.165) is 0 Å². The van der Waals surface area contributed by atoms with Gasteiger partial charge in [-0.2, -0.15) is 0 Å². The summed E-state index contributed by atoms with van der Waals surface area (Å²) in [7, 11) is 0. The Morgan fingerprint density at radius 1 is 1.50 bits per heavy atom. The molecule has 0 aliphatic carbocycles. The Morgan fingerprint density at radius 2 is 2.15 bits per heavy atom. The van der Waals surface area contributed by atoms with Crippen molar-refractivity contribution in [2.45, 2.75) is 6.92 Å². The molecule has 1 unspecified atom stereocenters. The minimum absolute atomic E-state index is 0.0481. The standard InChI is InChI=1S/C13H14BrFN2O3/c1-7(12(18)19)8-5-17(6-8)13(20)16-11-3-2-9(14)4-10(11)15/h2-4,7-8H,5-6H2,1H3,(H,16,20)(H,18,19). The van der Waals surface area contributed by atoms with E-state index in [9.17, 15) is 14.0 Å². The third-order valence-electron chi connectivity index (χ3n) is 3.47. The molecule has 2 amide bonds. The zero-order chi connectivity index (χ0) is 14.9. The van der Waals surface area contributed by atoms with Crippen molar-refractivity contribution in [1.29, 1.82) is 0 Å². The molecule has 0 radical (unpaired) electrons. The van der Waals surface area contributed by atoms with Crippen molar-refractivity contribution in [2.75, 3.05) is 18.4 Å². The number of nitrogens with zero attached hydrogens (tertiary/aromatic N) is 1. The van der Waals surface area contributed by atoms with Gasteiger partial charge in [-0.15, -0.1) is 0 Å². The highest BCUT2D eigenvalue weighted by atomic mass is 79.9. The van der Waals surface area contributed by atoms with E-state index < -0.39 is 23.7 Å². The highest BCUT2D eigenvalue weighted by molar-refractivity contribution is 9.10. The van der Waals surface area contributed by atoms with Gasteiger partial charge in [-0.1, -0.05) is 22.9 Å². The molecule has 0 bridgehead atoms. The van der Waals surface area contributed by atoms with Crippen molar-refractivity contribution in [1.82, 2.24) is 4.90 Å². The molecule has 1 atom stereocenters. The summed E-state index contributed by atoms with van der Waals surface area (Å²) in [6.45, 7) is 2.37. The second-order valence-electron chi connectivity index (χ2n) is 4.85. The fourth-order valence-corrected chi connectivity index (χ4v) is 2.31. The smallest absolute Gasteiger partial charge is 0.321 e. The summed E-state index contributed by atoms with van der Waals surface area (Å²) < 4.78 is 14.2. The molecule has 108 valence electrons. The Morgan fingerprint density at radius 3 is 2.70 bits per heavy atom. The van der Waals surface area contributed by atoms with Crippen LogP contribution in [0.1, 0.15) is 6.92 Å². The number of carboxylic acids is 1. The monoisotopic (exact) mass is 344 g/mol. The van der Waals surface area contributed by atoms with Crippen LogP contribution >= 0.6 is 15.9 Å². The minimum Gasteiger partial charge on any atom is -0.481 e. The molecule has 1 heterocycles. The fraction of sp³-hybridized carbons (Fsp3) is 0.385. The Balaban J connectivity index is 1.90. The highest BCUT2D eigenvalue weighted by Gasteiger charge is 2.37. The van der Waals surface area contributed by atoms with Crippen LogP contribution in [-0.2, 0) is 4.79 Å². The molecule has 2 N–H and O–H groups in total. The molecule has 0 spiro atoms. The third kappa shape index (κ3) is 3.09. The Labute approximate surface area is 123 Å². The quantitative estimate of drug-likeness (QED) is 0.885. The van der Waals surface area contributed by atoms with Gasteiger partial charge in [0, 0.05) is 23.5 Å². The second-order valence-corrected chi connectivity index (χ2v) is 5.76. The van der Waals surface area contributed by atoms with Gasteiger partial charge in [-0.05, 0) is 18.2 Å². The van der Waals surface area contributed by atoms with Crippen molar-refractivity contribution in [3.63, 3.8) is 0 Å². The highest BCUT2D eigenvalue weighted by Crippen LogP contribution is 2.25. The number of anilines is 1. The largest absolute Gasteiger partial charge is 0.481 e. The summed E-state index contributed by atoms with van der Waals surface area (Å²) in [5.74, 6) is -1.92. The van der Waals surface area contributed by atoms with Crippen LogP contribution in [0.5, 0.6) is 0 Å². The lowest BCUT2D eigenvalue weighted by molar-refractivity contribution is -0.144. The van der Waals surface area contributed by atoms with Gasteiger partial charge in [0.25, 0.3) is 0 Å². The number of carbonyl (C=O) groups excluding carboxylic acids is 1. The average Bonchev–Trinajstić information content (AvgIpc) is 2.30. The summed E-state index contributed by atoms with van der Waals surface area (Å²) >= 11 is 3.13. The number of amides is 2. The van der Waals surface area contributed by atoms with Crippen molar-refractivity contribution in [2.24, 2.45) is 11.8 Å². The first-order chi connectivity index (χ1) is 9.38. The van der Waals surface area contributed by atoms with E-state index in [4.69, 9.17) is 5.11 Å². The van der Waals surface area contributed by atoms with Crippen molar-refractivity contribution >= 4 is 33.6 Å². The van der Waals surface area contributed by atoms with Crippen LogP contribution in [0, 0.1) is 17.7 Å². The number of aliphatic carboxylic acids is 1. The Hall–Kier alpha value is -1.63. The van der Waals surface area contributed by atoms with Crippen LogP contribution in [0.25, 0.3) is 0 Å². The number of urea groups is 1. The molecule has 1 aliphatic rings. The number of hydrogen-bond donors (Lipinski definition) is 2. The summed E-state index contributed by atoms with van der Waals surface area (Å²) in [6.07, 6.45) is 0. The number of benzene rings is 1. The molecule has 5 nitrogen and oxygen atoms in total. The molecule has 0 aromatic heterocycles. The predicted octanol–water partition coefficient (Wildman–Crippen LogP) is 2.77. The SMILES string of the molecule is CC(C(=O)O)C1CN(C(=O)Nc2ccc(Br)cc2F)C1. The molecule has 20 heavy (non-hydrogen) atoms. The van der Waals surface area contributed by atoms with Gasteiger partial charge in [0.15, 0.2) is 0 Å². The molecular formula is C13H14BrFN2O3. The molecule has 1 aliphatic heterocycles. The fourth-order valence-electron chi connectivity index (χ4n) is 1.98. The second kappa shape index (κ2) is 5.78. The van der Waals surface area contributed by atoms with E-state index in [1.165, 1.54) is 17.0 Å². The number of rotatable bonds is 3. The van der Waals surface area contributed by atoms with Crippen LogP contribution in [0.15, 0.2) is 22.7 Å². The van der Waals surface area contributed by atoms with Crippen molar-refractivity contribution < 1.29 is 19.1 Å². The molecule has 1 saturated heterocycles. The van der Waals surface area contributed by atoms with Gasteiger partial charge >= 0.3 is 12.0 Å². The number of hydrogen-bond acceptors (Lipinski definition) is 2. The van der Waals surface area contributed by atoms with E-state index in [1.54, 1.807) is 13.0 Å². The van der Waals surface area contributed by atoms with Gasteiger partial charge in [0.1, 0.15) is 5.82 Å². The zero-order valence-electron chi connectivity index (χ0n) is 10.8. The Kier molecular flexibility index (Phi) is 4.27.